The molecule has 0 saturated carbocycles. The van der Waals surface area contributed by atoms with Gasteiger partial charge in [-0.2, -0.15) is 13.2 Å². The maximum atomic E-state index is 13.3. The van der Waals surface area contributed by atoms with Crippen molar-refractivity contribution < 1.29 is 31.9 Å². The van der Waals surface area contributed by atoms with Crippen LogP contribution in [0.15, 0.2) is 18.2 Å². The van der Waals surface area contributed by atoms with Gasteiger partial charge in [0, 0.05) is 13.1 Å². The number of halogens is 4. The first kappa shape index (κ1) is 30.1. The standard InChI is InChI=1S/C28H41F4NO3/c1-2-3-4-5-6-7-8-9-10-11-12-13-20-36-27(35)22-16-18-33(19-17-22)26(34)24-15-14-23(29)21-25(24)28(30,31)32/h14-15,21-22H,2-13,16-20H2,1H3. The van der Waals surface area contributed by atoms with Gasteiger partial charge in [-0.05, 0) is 37.5 Å². The van der Waals surface area contributed by atoms with E-state index in [1.54, 1.807) is 0 Å². The summed E-state index contributed by atoms with van der Waals surface area (Å²) >= 11 is 0. The molecular weight excluding hydrogens is 474 g/mol. The molecule has 1 fully saturated rings. The number of nitrogens with zero attached hydrogens (tertiary/aromatic N) is 1. The predicted octanol–water partition coefficient (Wildman–Crippen LogP) is 7.94. The van der Waals surface area contributed by atoms with Gasteiger partial charge in [-0.1, -0.05) is 77.6 Å². The van der Waals surface area contributed by atoms with Crippen molar-refractivity contribution in [1.82, 2.24) is 4.90 Å². The second kappa shape index (κ2) is 15.9. The summed E-state index contributed by atoms with van der Waals surface area (Å²) in [7, 11) is 0. The van der Waals surface area contributed by atoms with Crippen molar-refractivity contribution in [2.24, 2.45) is 5.92 Å². The molecule has 204 valence electrons. The number of rotatable bonds is 15. The average Bonchev–Trinajstić information content (AvgIpc) is 2.86. The predicted molar refractivity (Wildman–Crippen MR) is 132 cm³/mol. The van der Waals surface area contributed by atoms with Gasteiger partial charge in [0.1, 0.15) is 5.82 Å². The summed E-state index contributed by atoms with van der Waals surface area (Å²) in [6.45, 7) is 2.92. The minimum atomic E-state index is -4.83. The third-order valence-electron chi connectivity index (χ3n) is 6.88. The number of carbonyl (C=O) groups is 2. The van der Waals surface area contributed by atoms with Crippen LogP contribution in [0.1, 0.15) is 113 Å². The zero-order valence-corrected chi connectivity index (χ0v) is 21.5. The first-order valence-corrected chi connectivity index (χ1v) is 13.6. The van der Waals surface area contributed by atoms with Crippen molar-refractivity contribution in [3.8, 4) is 0 Å². The number of carbonyl (C=O) groups excluding carboxylic acids is 2. The van der Waals surface area contributed by atoms with E-state index in [4.69, 9.17) is 4.74 Å². The summed E-state index contributed by atoms with van der Waals surface area (Å²) in [5.41, 5.74) is -1.85. The highest BCUT2D eigenvalue weighted by Crippen LogP contribution is 2.33. The molecule has 0 unspecified atom stereocenters. The maximum Gasteiger partial charge on any atom is 0.417 e. The second-order valence-corrected chi connectivity index (χ2v) is 9.81. The number of hydrogen-bond acceptors (Lipinski definition) is 3. The summed E-state index contributed by atoms with van der Waals surface area (Å²) < 4.78 is 58.4. The molecule has 0 radical (unpaired) electrons. The third-order valence-corrected chi connectivity index (χ3v) is 6.88. The van der Waals surface area contributed by atoms with Crippen LogP contribution in [0.5, 0.6) is 0 Å². The molecule has 36 heavy (non-hydrogen) atoms. The van der Waals surface area contributed by atoms with E-state index in [-0.39, 0.29) is 25.0 Å². The van der Waals surface area contributed by atoms with E-state index < -0.39 is 29.0 Å². The fourth-order valence-electron chi connectivity index (χ4n) is 4.66. The lowest BCUT2D eigenvalue weighted by atomic mass is 9.96. The highest BCUT2D eigenvalue weighted by molar-refractivity contribution is 5.96. The molecule has 0 N–H and O–H groups in total. The Labute approximate surface area is 212 Å². The first-order valence-electron chi connectivity index (χ1n) is 13.6. The first-order chi connectivity index (χ1) is 17.2. The Balaban J connectivity index is 1.59. The topological polar surface area (TPSA) is 46.6 Å². The number of likely N-dealkylation sites (tertiary alicyclic amines) is 1. The van der Waals surface area contributed by atoms with E-state index in [1.165, 1.54) is 62.7 Å². The van der Waals surface area contributed by atoms with E-state index in [9.17, 15) is 27.2 Å². The third kappa shape index (κ3) is 10.5. The molecule has 1 aromatic carbocycles. The molecule has 0 aromatic heterocycles. The molecule has 1 aliphatic heterocycles. The zero-order valence-electron chi connectivity index (χ0n) is 21.5. The van der Waals surface area contributed by atoms with Crippen LogP contribution in [0.4, 0.5) is 17.6 Å². The lowest BCUT2D eigenvalue weighted by molar-refractivity contribution is -0.150. The largest absolute Gasteiger partial charge is 0.465 e. The summed E-state index contributed by atoms with van der Waals surface area (Å²) in [4.78, 5) is 26.3. The van der Waals surface area contributed by atoms with Crippen LogP contribution in [-0.2, 0) is 15.7 Å². The number of hydrogen-bond donors (Lipinski definition) is 0. The van der Waals surface area contributed by atoms with Gasteiger partial charge in [0.05, 0.1) is 23.7 Å². The summed E-state index contributed by atoms with van der Waals surface area (Å²) in [5.74, 6) is -2.51. The molecule has 1 saturated heterocycles. The molecule has 2 rings (SSSR count). The van der Waals surface area contributed by atoms with E-state index in [0.717, 1.165) is 31.4 Å². The normalized spacial score (nSPS) is 14.8. The highest BCUT2D eigenvalue weighted by atomic mass is 19.4. The molecule has 0 bridgehead atoms. The van der Waals surface area contributed by atoms with Gasteiger partial charge < -0.3 is 9.64 Å². The van der Waals surface area contributed by atoms with Gasteiger partial charge in [0.25, 0.3) is 5.91 Å². The van der Waals surface area contributed by atoms with Crippen molar-refractivity contribution in [2.75, 3.05) is 19.7 Å². The average molecular weight is 516 g/mol. The van der Waals surface area contributed by atoms with Crippen LogP contribution in [0.3, 0.4) is 0 Å². The fourth-order valence-corrected chi connectivity index (χ4v) is 4.66. The highest BCUT2D eigenvalue weighted by Gasteiger charge is 2.37. The van der Waals surface area contributed by atoms with Crippen LogP contribution in [0, 0.1) is 11.7 Å². The number of ether oxygens (including phenoxy) is 1. The van der Waals surface area contributed by atoms with Crippen molar-refractivity contribution in [2.45, 2.75) is 103 Å². The molecular formula is C28H41F4NO3. The lowest BCUT2D eigenvalue weighted by Crippen LogP contribution is -2.41. The second-order valence-electron chi connectivity index (χ2n) is 9.81. The number of esters is 1. The molecule has 0 aliphatic carbocycles. The Hall–Kier alpha value is -2.12. The lowest BCUT2D eigenvalue weighted by Gasteiger charge is -2.31. The van der Waals surface area contributed by atoms with E-state index in [0.29, 0.717) is 25.5 Å². The van der Waals surface area contributed by atoms with E-state index in [2.05, 4.69) is 6.92 Å². The Morgan fingerprint density at radius 2 is 1.42 bits per heavy atom. The molecule has 1 aliphatic rings. The van der Waals surface area contributed by atoms with Crippen LogP contribution in [-0.4, -0.2) is 36.5 Å². The smallest absolute Gasteiger partial charge is 0.417 e. The molecule has 1 aromatic rings. The number of piperidine rings is 1. The summed E-state index contributed by atoms with van der Waals surface area (Å²) in [6, 6.07) is 2.06. The van der Waals surface area contributed by atoms with Crippen LogP contribution >= 0.6 is 0 Å². The van der Waals surface area contributed by atoms with Gasteiger partial charge in [0.2, 0.25) is 0 Å². The van der Waals surface area contributed by atoms with Gasteiger partial charge >= 0.3 is 12.1 Å². The van der Waals surface area contributed by atoms with Crippen molar-refractivity contribution >= 4 is 11.9 Å². The summed E-state index contributed by atoms with van der Waals surface area (Å²) in [5, 5.41) is 0. The molecule has 0 spiro atoms. The molecule has 1 heterocycles. The Morgan fingerprint density at radius 3 is 1.94 bits per heavy atom. The summed E-state index contributed by atoms with van der Waals surface area (Å²) in [6.07, 6.45) is 10.6. The number of benzene rings is 1. The van der Waals surface area contributed by atoms with Gasteiger partial charge in [-0.15, -0.1) is 0 Å². The monoisotopic (exact) mass is 515 g/mol. The Kier molecular flexibility index (Phi) is 13.3. The van der Waals surface area contributed by atoms with Gasteiger partial charge in [0.15, 0.2) is 0 Å². The molecule has 1 amide bonds. The van der Waals surface area contributed by atoms with E-state index in [1.807, 2.05) is 0 Å². The zero-order chi connectivity index (χ0) is 26.4. The minimum absolute atomic E-state index is 0.159. The number of amides is 1. The number of alkyl halides is 3. The van der Waals surface area contributed by atoms with Gasteiger partial charge in [-0.25, -0.2) is 4.39 Å². The quantitative estimate of drug-likeness (QED) is 0.135. The van der Waals surface area contributed by atoms with Crippen LogP contribution < -0.4 is 0 Å². The van der Waals surface area contributed by atoms with Crippen LogP contribution in [0.25, 0.3) is 0 Å². The van der Waals surface area contributed by atoms with E-state index >= 15 is 0 Å². The molecule has 8 heteroatoms. The molecule has 4 nitrogen and oxygen atoms in total. The Bertz CT molecular complexity index is 804. The van der Waals surface area contributed by atoms with Crippen molar-refractivity contribution in [3.05, 3.63) is 35.1 Å². The molecule has 0 atom stereocenters. The fraction of sp³-hybridized carbons (Fsp3) is 0.714. The van der Waals surface area contributed by atoms with Crippen LogP contribution in [0.2, 0.25) is 0 Å². The van der Waals surface area contributed by atoms with Crippen molar-refractivity contribution in [3.63, 3.8) is 0 Å². The van der Waals surface area contributed by atoms with Gasteiger partial charge in [-0.3, -0.25) is 9.59 Å². The maximum absolute atomic E-state index is 13.3. The van der Waals surface area contributed by atoms with Crippen molar-refractivity contribution in [1.29, 1.82) is 0 Å². The SMILES string of the molecule is CCCCCCCCCCCCCCOC(=O)C1CCN(C(=O)c2ccc(F)cc2C(F)(F)F)CC1. The minimum Gasteiger partial charge on any atom is -0.465 e. The number of unbranched alkanes of at least 4 members (excludes halogenated alkanes) is 11. The Morgan fingerprint density at radius 1 is 0.889 bits per heavy atom.